The van der Waals surface area contributed by atoms with Crippen molar-refractivity contribution in [3.05, 3.63) is 30.6 Å². The Labute approximate surface area is 129 Å². The van der Waals surface area contributed by atoms with Crippen molar-refractivity contribution in [1.82, 2.24) is 14.7 Å². The molecule has 1 saturated carbocycles. The smallest absolute Gasteiger partial charge is 0.230 e. The van der Waals surface area contributed by atoms with Crippen molar-refractivity contribution in [2.45, 2.75) is 43.8 Å². The highest BCUT2D eigenvalue weighted by Gasteiger charge is 2.19. The van der Waals surface area contributed by atoms with Gasteiger partial charge in [-0.25, -0.2) is 4.98 Å². The normalized spacial score (nSPS) is 22.3. The molecular formula is C16H21N3OS. The van der Waals surface area contributed by atoms with Crippen LogP contribution in [0.25, 0.3) is 5.52 Å². The lowest BCUT2D eigenvalue weighted by Crippen LogP contribution is -2.38. The van der Waals surface area contributed by atoms with E-state index < -0.39 is 0 Å². The van der Waals surface area contributed by atoms with Gasteiger partial charge in [-0.3, -0.25) is 9.20 Å². The fraction of sp³-hybridized carbons (Fsp3) is 0.500. The van der Waals surface area contributed by atoms with Gasteiger partial charge in [-0.1, -0.05) is 24.8 Å². The second kappa shape index (κ2) is 6.52. The Kier molecular flexibility index (Phi) is 4.48. The van der Waals surface area contributed by atoms with Crippen LogP contribution in [0.3, 0.4) is 0 Å². The van der Waals surface area contributed by atoms with Crippen molar-refractivity contribution in [2.75, 3.05) is 5.75 Å². The molecule has 4 nitrogen and oxygen atoms in total. The van der Waals surface area contributed by atoms with Gasteiger partial charge in [0.15, 0.2) is 5.16 Å². The molecule has 112 valence electrons. The summed E-state index contributed by atoms with van der Waals surface area (Å²) in [5.41, 5.74) is 1.06. The number of pyridine rings is 1. The average molecular weight is 303 g/mol. The second-order valence-electron chi connectivity index (χ2n) is 5.85. The highest BCUT2D eigenvalue weighted by Crippen LogP contribution is 2.24. The molecule has 0 aliphatic heterocycles. The van der Waals surface area contributed by atoms with Crippen LogP contribution in [0.5, 0.6) is 0 Å². The lowest BCUT2D eigenvalue weighted by molar-refractivity contribution is -0.119. The summed E-state index contributed by atoms with van der Waals surface area (Å²) >= 11 is 1.49. The van der Waals surface area contributed by atoms with E-state index in [0.717, 1.165) is 29.4 Å². The maximum atomic E-state index is 12.1. The van der Waals surface area contributed by atoms with E-state index in [4.69, 9.17) is 0 Å². The van der Waals surface area contributed by atoms with Gasteiger partial charge in [-0.05, 0) is 43.7 Å². The van der Waals surface area contributed by atoms with Crippen LogP contribution in [-0.2, 0) is 4.79 Å². The van der Waals surface area contributed by atoms with Gasteiger partial charge in [0.25, 0.3) is 0 Å². The van der Waals surface area contributed by atoms with Gasteiger partial charge in [0, 0.05) is 12.2 Å². The Morgan fingerprint density at radius 3 is 3.00 bits per heavy atom. The van der Waals surface area contributed by atoms with Crippen LogP contribution in [0.1, 0.15) is 32.6 Å². The molecule has 1 aliphatic carbocycles. The van der Waals surface area contributed by atoms with Crippen molar-refractivity contribution in [3.63, 3.8) is 0 Å². The molecule has 0 aromatic carbocycles. The molecule has 0 bridgehead atoms. The van der Waals surface area contributed by atoms with Gasteiger partial charge in [-0.15, -0.1) is 0 Å². The first-order valence-corrected chi connectivity index (χ1v) is 8.55. The van der Waals surface area contributed by atoms with Crippen LogP contribution in [0.4, 0.5) is 0 Å². The molecule has 0 spiro atoms. The molecule has 0 unspecified atom stereocenters. The van der Waals surface area contributed by atoms with Crippen LogP contribution in [0, 0.1) is 5.92 Å². The van der Waals surface area contributed by atoms with E-state index >= 15 is 0 Å². The predicted molar refractivity (Wildman–Crippen MR) is 85.5 cm³/mol. The summed E-state index contributed by atoms with van der Waals surface area (Å²) in [6.07, 6.45) is 8.49. The quantitative estimate of drug-likeness (QED) is 0.883. The summed E-state index contributed by atoms with van der Waals surface area (Å²) < 4.78 is 2.01. The minimum atomic E-state index is 0.118. The van der Waals surface area contributed by atoms with Crippen LogP contribution < -0.4 is 5.32 Å². The first kappa shape index (κ1) is 14.4. The summed E-state index contributed by atoms with van der Waals surface area (Å²) in [5.74, 6) is 1.36. The number of nitrogens with zero attached hydrogens (tertiary/aromatic N) is 2. The molecule has 1 fully saturated rings. The Morgan fingerprint density at radius 2 is 2.19 bits per heavy atom. The number of carbonyl (C=O) groups is 1. The number of hydrogen-bond acceptors (Lipinski definition) is 3. The molecule has 2 heterocycles. The molecule has 21 heavy (non-hydrogen) atoms. The third-order valence-corrected chi connectivity index (χ3v) is 5.08. The van der Waals surface area contributed by atoms with E-state index in [0.29, 0.717) is 11.8 Å². The number of imidazole rings is 1. The number of hydrogen-bond donors (Lipinski definition) is 1. The molecule has 0 saturated heterocycles. The fourth-order valence-electron chi connectivity index (χ4n) is 2.83. The molecular weight excluding hydrogens is 282 g/mol. The molecule has 1 N–H and O–H groups in total. The van der Waals surface area contributed by atoms with Crippen LogP contribution in [-0.4, -0.2) is 27.1 Å². The minimum Gasteiger partial charge on any atom is -0.353 e. The number of rotatable bonds is 4. The zero-order valence-corrected chi connectivity index (χ0v) is 13.1. The van der Waals surface area contributed by atoms with Crippen LogP contribution in [0.2, 0.25) is 0 Å². The van der Waals surface area contributed by atoms with Gasteiger partial charge in [0.05, 0.1) is 17.5 Å². The summed E-state index contributed by atoms with van der Waals surface area (Å²) in [4.78, 5) is 16.4. The molecule has 5 heteroatoms. The van der Waals surface area contributed by atoms with Gasteiger partial charge < -0.3 is 5.32 Å². The zero-order valence-electron chi connectivity index (χ0n) is 12.3. The third-order valence-electron chi connectivity index (χ3n) is 4.12. The summed E-state index contributed by atoms with van der Waals surface area (Å²) in [5, 5.41) is 4.03. The minimum absolute atomic E-state index is 0.118. The van der Waals surface area contributed by atoms with Crippen molar-refractivity contribution in [3.8, 4) is 0 Å². The van der Waals surface area contributed by atoms with Crippen molar-refractivity contribution in [1.29, 1.82) is 0 Å². The Bertz CT molecular complexity index is 617. The van der Waals surface area contributed by atoms with Gasteiger partial charge in [0.1, 0.15) is 0 Å². The number of fused-ring (bicyclic) bond motifs is 1. The molecule has 2 aromatic heterocycles. The number of aromatic nitrogens is 2. The number of amides is 1. The van der Waals surface area contributed by atoms with E-state index in [1.54, 1.807) is 0 Å². The van der Waals surface area contributed by atoms with Crippen molar-refractivity contribution >= 4 is 23.2 Å². The largest absolute Gasteiger partial charge is 0.353 e. The molecule has 1 aliphatic rings. The molecule has 0 atom stereocenters. The maximum Gasteiger partial charge on any atom is 0.230 e. The lowest BCUT2D eigenvalue weighted by Gasteiger charge is -2.26. The first-order valence-electron chi connectivity index (χ1n) is 7.56. The Balaban J connectivity index is 1.52. The highest BCUT2D eigenvalue weighted by molar-refractivity contribution is 7.99. The summed E-state index contributed by atoms with van der Waals surface area (Å²) in [7, 11) is 0. The van der Waals surface area contributed by atoms with E-state index in [1.165, 1.54) is 24.6 Å². The van der Waals surface area contributed by atoms with Crippen LogP contribution >= 0.6 is 11.8 Å². The van der Waals surface area contributed by atoms with Crippen LogP contribution in [0.15, 0.2) is 35.7 Å². The summed E-state index contributed by atoms with van der Waals surface area (Å²) in [6.45, 7) is 2.29. The SMILES string of the molecule is CC1CCC(NC(=O)CSc2ncc3ccccn23)CC1. The Morgan fingerprint density at radius 1 is 1.38 bits per heavy atom. The van der Waals surface area contributed by atoms with Gasteiger partial charge in [-0.2, -0.15) is 0 Å². The highest BCUT2D eigenvalue weighted by atomic mass is 32.2. The summed E-state index contributed by atoms with van der Waals surface area (Å²) in [6, 6.07) is 6.34. The monoisotopic (exact) mass is 303 g/mol. The number of nitrogens with one attached hydrogen (secondary N) is 1. The van der Waals surface area contributed by atoms with Gasteiger partial charge in [0.2, 0.25) is 5.91 Å². The van der Waals surface area contributed by atoms with E-state index in [-0.39, 0.29) is 5.91 Å². The van der Waals surface area contributed by atoms with E-state index in [9.17, 15) is 4.79 Å². The van der Waals surface area contributed by atoms with Crippen molar-refractivity contribution < 1.29 is 4.79 Å². The zero-order chi connectivity index (χ0) is 14.7. The average Bonchev–Trinajstić information content (AvgIpc) is 2.91. The van der Waals surface area contributed by atoms with Gasteiger partial charge >= 0.3 is 0 Å². The molecule has 0 radical (unpaired) electrons. The topological polar surface area (TPSA) is 46.4 Å². The second-order valence-corrected chi connectivity index (χ2v) is 6.79. The lowest BCUT2D eigenvalue weighted by atomic mass is 9.87. The Hall–Kier alpha value is -1.49. The maximum absolute atomic E-state index is 12.1. The first-order chi connectivity index (χ1) is 10.2. The number of carbonyl (C=O) groups excluding carboxylic acids is 1. The number of thioether (sulfide) groups is 1. The fourth-order valence-corrected chi connectivity index (χ4v) is 3.61. The predicted octanol–water partition coefficient (Wildman–Crippen LogP) is 3.12. The molecule has 2 aromatic rings. The van der Waals surface area contributed by atoms with Crippen molar-refractivity contribution in [2.24, 2.45) is 5.92 Å². The van der Waals surface area contributed by atoms with E-state index in [1.807, 2.05) is 35.0 Å². The van der Waals surface area contributed by atoms with E-state index in [2.05, 4.69) is 17.2 Å². The molecule has 1 amide bonds. The molecule has 3 rings (SSSR count). The standard InChI is InChI=1S/C16H21N3OS/c1-12-5-7-13(8-6-12)18-15(20)11-21-16-17-10-14-4-2-3-9-19(14)16/h2-4,9-10,12-13H,5-8,11H2,1H3,(H,18,20). The third kappa shape index (κ3) is 3.59.